The smallest absolute Gasteiger partial charge is 0.0822 e. The van der Waals surface area contributed by atoms with Gasteiger partial charge in [0.15, 0.2) is 0 Å². The van der Waals surface area contributed by atoms with Crippen LogP contribution < -0.4 is 5.32 Å². The molecule has 0 aliphatic carbocycles. The molecule has 0 aromatic carbocycles. The lowest BCUT2D eigenvalue weighted by Crippen LogP contribution is -1.88. The van der Waals surface area contributed by atoms with Gasteiger partial charge in [0.1, 0.15) is 0 Å². The molecule has 0 saturated carbocycles. The first-order valence-electron chi connectivity index (χ1n) is 4.50. The summed E-state index contributed by atoms with van der Waals surface area (Å²) in [6.07, 6.45) is 1.83. The minimum absolute atomic E-state index is 1.04. The molecule has 0 radical (unpaired) electrons. The molecule has 3 heteroatoms. The largest absolute Gasteiger partial charge is 0.388 e. The Balaban J connectivity index is 2.41. The first kappa shape index (κ1) is 9.21. The Kier molecular flexibility index (Phi) is 2.50. The lowest BCUT2D eigenvalue weighted by molar-refractivity contribution is 1.33. The Hall–Kier alpha value is -1.35. The summed E-state index contributed by atoms with van der Waals surface area (Å²) in [4.78, 5) is 6.88. The molecule has 0 bridgehead atoms. The molecule has 0 aliphatic heterocycles. The fraction of sp³-hybridized carbons (Fsp3) is 0.182. The van der Waals surface area contributed by atoms with Crippen LogP contribution in [0.1, 0.15) is 4.88 Å². The molecule has 0 fully saturated rings. The Labute approximate surface area is 87.6 Å². The van der Waals surface area contributed by atoms with E-state index in [4.69, 9.17) is 0 Å². The Morgan fingerprint density at radius 2 is 2.14 bits per heavy atom. The molecule has 14 heavy (non-hydrogen) atoms. The maximum absolute atomic E-state index is 4.34. The van der Waals surface area contributed by atoms with Crippen LogP contribution in [-0.2, 0) is 0 Å². The molecule has 1 N–H and O–H groups in total. The normalized spacial score (nSPS) is 10.1. The van der Waals surface area contributed by atoms with Crippen molar-refractivity contribution in [1.29, 1.82) is 0 Å². The molecular weight excluding hydrogens is 192 g/mol. The Morgan fingerprint density at radius 1 is 1.29 bits per heavy atom. The minimum Gasteiger partial charge on any atom is -0.388 e. The van der Waals surface area contributed by atoms with E-state index in [1.807, 2.05) is 19.3 Å². The van der Waals surface area contributed by atoms with Crippen LogP contribution in [0.4, 0.5) is 5.69 Å². The number of aryl methyl sites for hydroxylation is 1. The topological polar surface area (TPSA) is 24.9 Å². The van der Waals surface area contributed by atoms with Crippen LogP contribution >= 0.6 is 11.3 Å². The highest BCUT2D eigenvalue weighted by atomic mass is 32.1. The van der Waals surface area contributed by atoms with Gasteiger partial charge in [-0.3, -0.25) is 4.98 Å². The second kappa shape index (κ2) is 3.80. The second-order valence-corrected chi connectivity index (χ2v) is 4.38. The summed E-state index contributed by atoms with van der Waals surface area (Å²) >= 11 is 1.77. The van der Waals surface area contributed by atoms with Crippen LogP contribution in [0, 0.1) is 6.92 Å². The molecule has 0 aliphatic rings. The van der Waals surface area contributed by atoms with Crippen LogP contribution in [0.5, 0.6) is 0 Å². The van der Waals surface area contributed by atoms with Gasteiger partial charge in [0.05, 0.1) is 10.6 Å². The van der Waals surface area contributed by atoms with Gasteiger partial charge in [-0.05, 0) is 31.2 Å². The minimum atomic E-state index is 1.04. The molecule has 2 aromatic heterocycles. The van der Waals surface area contributed by atoms with E-state index in [0.717, 1.165) is 11.4 Å². The lowest BCUT2D eigenvalue weighted by Gasteiger charge is -2.01. The first-order chi connectivity index (χ1) is 6.79. The van der Waals surface area contributed by atoms with Crippen molar-refractivity contribution in [3.05, 3.63) is 35.3 Å². The summed E-state index contributed by atoms with van der Waals surface area (Å²) < 4.78 is 0. The van der Waals surface area contributed by atoms with Crippen LogP contribution in [0.25, 0.3) is 10.6 Å². The van der Waals surface area contributed by atoms with Gasteiger partial charge in [0, 0.05) is 23.8 Å². The van der Waals surface area contributed by atoms with Crippen molar-refractivity contribution >= 4 is 17.0 Å². The predicted molar refractivity (Wildman–Crippen MR) is 61.8 cm³/mol. The molecule has 2 rings (SSSR count). The third kappa shape index (κ3) is 1.77. The monoisotopic (exact) mass is 204 g/mol. The molecule has 2 nitrogen and oxygen atoms in total. The van der Waals surface area contributed by atoms with Crippen LogP contribution in [0.2, 0.25) is 0 Å². The van der Waals surface area contributed by atoms with Gasteiger partial charge in [-0.25, -0.2) is 0 Å². The molecule has 2 heterocycles. The van der Waals surface area contributed by atoms with Crippen LogP contribution in [0.3, 0.4) is 0 Å². The number of hydrogen-bond donors (Lipinski definition) is 1. The molecule has 0 amide bonds. The zero-order valence-corrected chi connectivity index (χ0v) is 9.06. The number of thiophene rings is 1. The number of nitrogens with one attached hydrogen (secondary N) is 1. The summed E-state index contributed by atoms with van der Waals surface area (Å²) in [5, 5.41) is 3.11. The second-order valence-electron chi connectivity index (χ2n) is 3.09. The quantitative estimate of drug-likeness (QED) is 0.812. The van der Waals surface area contributed by atoms with Crippen molar-refractivity contribution in [3.63, 3.8) is 0 Å². The number of aromatic nitrogens is 1. The fourth-order valence-corrected chi connectivity index (χ4v) is 2.13. The van der Waals surface area contributed by atoms with E-state index in [9.17, 15) is 0 Å². The van der Waals surface area contributed by atoms with Crippen molar-refractivity contribution in [2.24, 2.45) is 0 Å². The fourth-order valence-electron chi connectivity index (χ4n) is 1.29. The Morgan fingerprint density at radius 3 is 2.79 bits per heavy atom. The summed E-state index contributed by atoms with van der Waals surface area (Å²) in [5.41, 5.74) is 2.14. The van der Waals surface area contributed by atoms with Gasteiger partial charge in [0.25, 0.3) is 0 Å². The lowest BCUT2D eigenvalue weighted by atomic mass is 10.3. The summed E-state index contributed by atoms with van der Waals surface area (Å²) in [6.45, 7) is 2.11. The standard InChI is InChI=1S/C11H12N2S/c1-8-3-4-11(14-8)10-7-9(12-2)5-6-13-10/h3-7H,1-2H3,(H,12,13). The van der Waals surface area contributed by atoms with Gasteiger partial charge in [-0.1, -0.05) is 0 Å². The van der Waals surface area contributed by atoms with E-state index in [1.54, 1.807) is 11.3 Å². The van der Waals surface area contributed by atoms with Crippen LogP contribution in [0.15, 0.2) is 30.5 Å². The summed E-state index contributed by atoms with van der Waals surface area (Å²) in [7, 11) is 1.92. The van der Waals surface area contributed by atoms with Crippen molar-refractivity contribution < 1.29 is 0 Å². The maximum atomic E-state index is 4.34. The third-order valence-corrected chi connectivity index (χ3v) is 3.06. The average Bonchev–Trinajstić information content (AvgIpc) is 2.65. The Bertz CT molecular complexity index is 434. The number of rotatable bonds is 2. The number of anilines is 1. The third-order valence-electron chi connectivity index (χ3n) is 2.04. The van der Waals surface area contributed by atoms with Gasteiger partial charge >= 0.3 is 0 Å². The van der Waals surface area contributed by atoms with Gasteiger partial charge in [-0.15, -0.1) is 11.3 Å². The molecule has 2 aromatic rings. The number of pyridine rings is 1. The zero-order valence-electron chi connectivity index (χ0n) is 8.24. The van der Waals surface area contributed by atoms with Gasteiger partial charge in [0.2, 0.25) is 0 Å². The summed E-state index contributed by atoms with van der Waals surface area (Å²) in [5.74, 6) is 0. The predicted octanol–water partition coefficient (Wildman–Crippen LogP) is 3.16. The highest BCUT2D eigenvalue weighted by Crippen LogP contribution is 2.27. The summed E-state index contributed by atoms with van der Waals surface area (Å²) in [6, 6.07) is 8.25. The van der Waals surface area contributed by atoms with Crippen molar-refractivity contribution in [1.82, 2.24) is 4.98 Å². The van der Waals surface area contributed by atoms with Gasteiger partial charge in [-0.2, -0.15) is 0 Å². The van der Waals surface area contributed by atoms with Crippen molar-refractivity contribution in [2.45, 2.75) is 6.92 Å². The molecule has 72 valence electrons. The first-order valence-corrected chi connectivity index (χ1v) is 5.32. The van der Waals surface area contributed by atoms with Crippen molar-refractivity contribution in [2.75, 3.05) is 12.4 Å². The molecule has 0 atom stereocenters. The van der Waals surface area contributed by atoms with Gasteiger partial charge < -0.3 is 5.32 Å². The average molecular weight is 204 g/mol. The zero-order chi connectivity index (χ0) is 9.97. The van der Waals surface area contributed by atoms with E-state index in [0.29, 0.717) is 0 Å². The van der Waals surface area contributed by atoms with E-state index in [-0.39, 0.29) is 0 Å². The van der Waals surface area contributed by atoms with E-state index in [2.05, 4.69) is 35.4 Å². The van der Waals surface area contributed by atoms with Crippen molar-refractivity contribution in [3.8, 4) is 10.6 Å². The molecule has 0 spiro atoms. The maximum Gasteiger partial charge on any atom is 0.0822 e. The highest BCUT2D eigenvalue weighted by molar-refractivity contribution is 7.15. The highest BCUT2D eigenvalue weighted by Gasteiger charge is 2.02. The number of hydrogen-bond acceptors (Lipinski definition) is 3. The molecular formula is C11H12N2S. The molecule has 0 unspecified atom stereocenters. The number of nitrogens with zero attached hydrogens (tertiary/aromatic N) is 1. The SMILES string of the molecule is CNc1ccnc(-c2ccc(C)s2)c1. The van der Waals surface area contributed by atoms with E-state index in [1.165, 1.54) is 9.75 Å². The van der Waals surface area contributed by atoms with E-state index < -0.39 is 0 Å². The van der Waals surface area contributed by atoms with E-state index >= 15 is 0 Å². The van der Waals surface area contributed by atoms with Crippen LogP contribution in [-0.4, -0.2) is 12.0 Å². The molecule has 0 saturated heterocycles.